The number of hydrogen-bond acceptors (Lipinski definition) is 2. The average Bonchev–Trinajstić information content (AvgIpc) is 2.40. The number of rotatable bonds is 2. The number of hydrogen-bond donors (Lipinski definition) is 1. The summed E-state index contributed by atoms with van der Waals surface area (Å²) < 4.78 is 26.4. The van der Waals surface area contributed by atoms with Gasteiger partial charge in [-0.05, 0) is 67.9 Å². The van der Waals surface area contributed by atoms with Crippen LogP contribution in [0.3, 0.4) is 0 Å². The van der Waals surface area contributed by atoms with Crippen LogP contribution in [0.1, 0.15) is 32.1 Å². The molecule has 0 saturated heterocycles. The van der Waals surface area contributed by atoms with Crippen molar-refractivity contribution in [3.63, 3.8) is 0 Å². The number of nitrogens with zero attached hydrogens (tertiary/aromatic N) is 1. The van der Waals surface area contributed by atoms with E-state index in [-0.39, 0.29) is 17.5 Å². The first-order chi connectivity index (χ1) is 10.1. The van der Waals surface area contributed by atoms with Gasteiger partial charge in [0, 0.05) is 5.92 Å². The van der Waals surface area contributed by atoms with Gasteiger partial charge in [-0.15, -0.1) is 0 Å². The predicted octanol–water partition coefficient (Wildman–Crippen LogP) is 3.37. The van der Waals surface area contributed by atoms with Crippen LogP contribution in [0.25, 0.3) is 0 Å². The van der Waals surface area contributed by atoms with Crippen molar-refractivity contribution in [3.8, 4) is 0 Å². The number of carbonyl (C=O) groups is 1. The molecule has 4 bridgehead atoms. The van der Waals surface area contributed by atoms with Gasteiger partial charge in [0.05, 0.1) is 5.69 Å². The van der Waals surface area contributed by atoms with Crippen molar-refractivity contribution in [3.05, 3.63) is 24.0 Å². The molecule has 0 aliphatic heterocycles. The lowest BCUT2D eigenvalue weighted by atomic mass is 9.51. The Labute approximate surface area is 122 Å². The molecule has 21 heavy (non-hydrogen) atoms. The molecule has 4 fully saturated rings. The van der Waals surface area contributed by atoms with Gasteiger partial charge in [-0.3, -0.25) is 4.79 Å². The predicted molar refractivity (Wildman–Crippen MR) is 73.3 cm³/mol. The van der Waals surface area contributed by atoms with Gasteiger partial charge < -0.3 is 5.32 Å². The largest absolute Gasteiger partial charge is 0.322 e. The van der Waals surface area contributed by atoms with Crippen molar-refractivity contribution in [2.24, 2.45) is 29.6 Å². The summed E-state index contributed by atoms with van der Waals surface area (Å²) in [6.45, 7) is 0. The van der Waals surface area contributed by atoms with Crippen molar-refractivity contribution in [2.45, 2.75) is 32.1 Å². The molecule has 0 unspecified atom stereocenters. The average molecular weight is 292 g/mol. The molecule has 0 radical (unpaired) electrons. The normalized spacial score (nSPS) is 36.8. The summed E-state index contributed by atoms with van der Waals surface area (Å²) in [6, 6.07) is 2.31. The second-order valence-electron chi connectivity index (χ2n) is 6.92. The van der Waals surface area contributed by atoms with Gasteiger partial charge in [0.15, 0.2) is 0 Å². The quantitative estimate of drug-likeness (QED) is 0.849. The Kier molecular flexibility index (Phi) is 2.98. The maximum absolute atomic E-state index is 13.6. The van der Waals surface area contributed by atoms with Crippen LogP contribution in [-0.4, -0.2) is 10.9 Å². The zero-order chi connectivity index (χ0) is 14.6. The van der Waals surface area contributed by atoms with Crippen LogP contribution in [0.15, 0.2) is 12.1 Å². The third-order valence-electron chi connectivity index (χ3n) is 5.60. The fourth-order valence-electron chi connectivity index (χ4n) is 5.07. The summed E-state index contributed by atoms with van der Waals surface area (Å²) in [4.78, 5) is 15.7. The van der Waals surface area contributed by atoms with Gasteiger partial charge in [-0.1, -0.05) is 0 Å². The zero-order valence-electron chi connectivity index (χ0n) is 11.7. The fraction of sp³-hybridized carbons (Fsp3) is 0.625. The first-order valence-electron chi connectivity index (χ1n) is 7.73. The minimum absolute atomic E-state index is 0.0118. The summed E-state index contributed by atoms with van der Waals surface area (Å²) in [7, 11) is 0. The van der Waals surface area contributed by atoms with E-state index in [1.54, 1.807) is 0 Å². The SMILES string of the molecule is O=C(Nc1ccc(F)nc1F)C1C2CC3CC(C2)CC1C3. The van der Waals surface area contributed by atoms with Crippen molar-refractivity contribution in [2.75, 3.05) is 5.32 Å². The Bertz CT molecular complexity index is 562. The van der Waals surface area contributed by atoms with Gasteiger partial charge in [-0.25, -0.2) is 0 Å². The second kappa shape index (κ2) is 4.75. The van der Waals surface area contributed by atoms with Gasteiger partial charge in [0.25, 0.3) is 0 Å². The fourth-order valence-corrected chi connectivity index (χ4v) is 5.07. The van der Waals surface area contributed by atoms with Crippen LogP contribution >= 0.6 is 0 Å². The first kappa shape index (κ1) is 13.2. The standard InChI is InChI=1S/C16H18F2N2O/c17-13-2-1-12(15(18)20-13)19-16(21)14-10-4-8-3-9(6-10)7-11(14)5-8/h1-2,8-11,14H,3-7H2,(H,19,21). The molecular weight excluding hydrogens is 274 g/mol. The van der Waals surface area contributed by atoms with E-state index in [1.807, 2.05) is 0 Å². The van der Waals surface area contributed by atoms with Crippen LogP contribution in [-0.2, 0) is 4.79 Å². The van der Waals surface area contributed by atoms with Crippen LogP contribution in [0, 0.1) is 41.5 Å². The molecule has 112 valence electrons. The highest BCUT2D eigenvalue weighted by Crippen LogP contribution is 2.56. The van der Waals surface area contributed by atoms with Crippen LogP contribution in [0.2, 0.25) is 0 Å². The highest BCUT2D eigenvalue weighted by atomic mass is 19.1. The molecule has 1 amide bonds. The van der Waals surface area contributed by atoms with Crippen molar-refractivity contribution in [1.29, 1.82) is 0 Å². The number of pyridine rings is 1. The Hall–Kier alpha value is -1.52. The van der Waals surface area contributed by atoms with Gasteiger partial charge in [0.2, 0.25) is 17.8 Å². The summed E-state index contributed by atoms with van der Waals surface area (Å²) in [5.41, 5.74) is -0.0183. The highest BCUT2D eigenvalue weighted by Gasteiger charge is 2.50. The van der Waals surface area contributed by atoms with Crippen molar-refractivity contribution < 1.29 is 13.6 Å². The Morgan fingerprint density at radius 1 is 1.05 bits per heavy atom. The number of anilines is 1. The first-order valence-corrected chi connectivity index (χ1v) is 7.73. The third-order valence-corrected chi connectivity index (χ3v) is 5.60. The lowest BCUT2D eigenvalue weighted by Gasteiger charge is -2.53. The number of nitrogens with one attached hydrogen (secondary N) is 1. The van der Waals surface area contributed by atoms with E-state index >= 15 is 0 Å². The molecule has 1 heterocycles. The summed E-state index contributed by atoms with van der Waals surface area (Å²) in [6.07, 6.45) is 5.87. The molecular formula is C16H18F2N2O. The molecule has 4 aliphatic rings. The van der Waals surface area contributed by atoms with Crippen LogP contribution in [0.4, 0.5) is 14.5 Å². The topological polar surface area (TPSA) is 42.0 Å². The molecule has 1 aromatic rings. The minimum atomic E-state index is -0.952. The number of halogens is 2. The van der Waals surface area contributed by atoms with E-state index in [0.29, 0.717) is 11.8 Å². The van der Waals surface area contributed by atoms with Gasteiger partial charge >= 0.3 is 0 Å². The number of aromatic nitrogens is 1. The molecule has 4 saturated carbocycles. The molecule has 0 atom stereocenters. The minimum Gasteiger partial charge on any atom is -0.322 e. The van der Waals surface area contributed by atoms with E-state index < -0.39 is 11.9 Å². The van der Waals surface area contributed by atoms with Crippen LogP contribution < -0.4 is 5.32 Å². The maximum Gasteiger partial charge on any atom is 0.239 e. The van der Waals surface area contributed by atoms with E-state index in [1.165, 1.54) is 12.5 Å². The molecule has 3 nitrogen and oxygen atoms in total. The Morgan fingerprint density at radius 3 is 2.24 bits per heavy atom. The molecule has 4 aliphatic carbocycles. The van der Waals surface area contributed by atoms with Crippen molar-refractivity contribution in [1.82, 2.24) is 4.98 Å². The molecule has 5 heteroatoms. The monoisotopic (exact) mass is 292 g/mol. The Balaban J connectivity index is 1.52. The van der Waals surface area contributed by atoms with E-state index in [9.17, 15) is 13.6 Å². The lowest BCUT2D eigenvalue weighted by molar-refractivity contribution is -0.132. The van der Waals surface area contributed by atoms with Crippen molar-refractivity contribution >= 4 is 11.6 Å². The molecule has 5 rings (SSSR count). The van der Waals surface area contributed by atoms with E-state index in [2.05, 4.69) is 10.3 Å². The van der Waals surface area contributed by atoms with Gasteiger partial charge in [0.1, 0.15) is 0 Å². The smallest absolute Gasteiger partial charge is 0.239 e. The molecule has 1 aromatic heterocycles. The van der Waals surface area contributed by atoms with Crippen LogP contribution in [0.5, 0.6) is 0 Å². The molecule has 0 aromatic carbocycles. The zero-order valence-corrected chi connectivity index (χ0v) is 11.7. The molecule has 1 N–H and O–H groups in total. The summed E-state index contributed by atoms with van der Waals surface area (Å²) in [5.74, 6) is 0.516. The third kappa shape index (κ3) is 2.23. The highest BCUT2D eigenvalue weighted by molar-refractivity contribution is 5.93. The maximum atomic E-state index is 13.6. The summed E-state index contributed by atoms with van der Waals surface area (Å²) in [5, 5.41) is 2.62. The number of amides is 1. The second-order valence-corrected chi connectivity index (χ2v) is 6.92. The lowest BCUT2D eigenvalue weighted by Crippen LogP contribution is -2.49. The summed E-state index contributed by atoms with van der Waals surface area (Å²) >= 11 is 0. The van der Waals surface area contributed by atoms with Gasteiger partial charge in [-0.2, -0.15) is 13.8 Å². The van der Waals surface area contributed by atoms with E-state index in [0.717, 1.165) is 43.6 Å². The Morgan fingerprint density at radius 2 is 1.67 bits per heavy atom. The molecule has 0 spiro atoms. The van der Waals surface area contributed by atoms with E-state index in [4.69, 9.17) is 0 Å². The number of carbonyl (C=O) groups excluding carboxylic acids is 1.